The third-order valence-corrected chi connectivity index (χ3v) is 5.46. The fourth-order valence-electron chi connectivity index (χ4n) is 3.78. The van der Waals surface area contributed by atoms with Crippen molar-refractivity contribution < 1.29 is 29.0 Å². The summed E-state index contributed by atoms with van der Waals surface area (Å²) in [5.41, 5.74) is 1.07. The fourth-order valence-corrected chi connectivity index (χ4v) is 3.78. The number of rotatable bonds is 11. The number of anilines is 1. The van der Waals surface area contributed by atoms with Crippen LogP contribution in [0.3, 0.4) is 0 Å². The van der Waals surface area contributed by atoms with Crippen LogP contribution in [0.25, 0.3) is 0 Å². The molecular formula is C27H27N3O7. The smallest absolute Gasteiger partial charge is 0.411 e. The molecule has 3 rings (SSSR count). The second kappa shape index (κ2) is 12.8. The van der Waals surface area contributed by atoms with Gasteiger partial charge in [-0.05, 0) is 23.3 Å². The van der Waals surface area contributed by atoms with E-state index in [2.05, 4.69) is 5.32 Å². The zero-order valence-corrected chi connectivity index (χ0v) is 20.2. The third kappa shape index (κ3) is 7.38. The van der Waals surface area contributed by atoms with Crippen LogP contribution in [0, 0.1) is 0 Å². The van der Waals surface area contributed by atoms with Crippen molar-refractivity contribution in [1.29, 1.82) is 0 Å². The van der Waals surface area contributed by atoms with E-state index in [1.54, 1.807) is 12.1 Å². The van der Waals surface area contributed by atoms with Gasteiger partial charge in [-0.15, -0.1) is 0 Å². The van der Waals surface area contributed by atoms with Gasteiger partial charge < -0.3 is 14.6 Å². The average molecular weight is 506 g/mol. The highest BCUT2D eigenvalue weighted by molar-refractivity contribution is 5.90. The molecule has 192 valence electrons. The number of pyridine rings is 1. The molecule has 10 nitrogen and oxygen atoms in total. The second-order valence-corrected chi connectivity index (χ2v) is 8.18. The Kier molecular flexibility index (Phi) is 9.31. The highest BCUT2D eigenvalue weighted by atomic mass is 16.5. The van der Waals surface area contributed by atoms with E-state index in [1.807, 2.05) is 48.5 Å². The molecule has 0 aliphatic heterocycles. The quantitative estimate of drug-likeness (QED) is 0.383. The average Bonchev–Trinajstić information content (AvgIpc) is 2.87. The Morgan fingerprint density at radius 2 is 1.62 bits per heavy atom. The molecule has 1 heterocycles. The van der Waals surface area contributed by atoms with Crippen LogP contribution >= 0.6 is 0 Å². The zero-order valence-electron chi connectivity index (χ0n) is 20.2. The van der Waals surface area contributed by atoms with E-state index < -0.39 is 36.0 Å². The number of nitrogens with zero attached hydrogens (tertiary/aromatic N) is 2. The van der Waals surface area contributed by atoms with Crippen molar-refractivity contribution in [3.8, 4) is 0 Å². The van der Waals surface area contributed by atoms with Crippen molar-refractivity contribution >= 4 is 29.9 Å². The van der Waals surface area contributed by atoms with E-state index in [0.717, 1.165) is 27.7 Å². The van der Waals surface area contributed by atoms with Gasteiger partial charge in [0.15, 0.2) is 0 Å². The molecule has 0 bridgehead atoms. The van der Waals surface area contributed by atoms with Crippen molar-refractivity contribution in [3.05, 3.63) is 100.0 Å². The van der Waals surface area contributed by atoms with Gasteiger partial charge in [-0.25, -0.2) is 14.5 Å². The molecule has 2 aromatic carbocycles. The largest absolute Gasteiger partial charge is 0.481 e. The van der Waals surface area contributed by atoms with Crippen LogP contribution in [0.2, 0.25) is 0 Å². The molecule has 1 atom stereocenters. The molecule has 1 aromatic heterocycles. The molecule has 2 N–H and O–H groups in total. The highest BCUT2D eigenvalue weighted by Crippen LogP contribution is 2.14. The Labute approximate surface area is 213 Å². The summed E-state index contributed by atoms with van der Waals surface area (Å²) in [4.78, 5) is 61.6. The zero-order chi connectivity index (χ0) is 26.8. The third-order valence-electron chi connectivity index (χ3n) is 5.46. The first kappa shape index (κ1) is 26.9. The van der Waals surface area contributed by atoms with Crippen molar-refractivity contribution in [2.75, 3.05) is 16.9 Å². The summed E-state index contributed by atoms with van der Waals surface area (Å²) in [6, 6.07) is 19.9. The van der Waals surface area contributed by atoms with E-state index in [9.17, 15) is 29.1 Å². The molecule has 0 aliphatic rings. The maximum Gasteiger partial charge on any atom is 0.411 e. The lowest BCUT2D eigenvalue weighted by Crippen LogP contribution is -2.54. The number of aliphatic carboxylic acids is 1. The first-order valence-corrected chi connectivity index (χ1v) is 11.5. The van der Waals surface area contributed by atoms with E-state index in [-0.39, 0.29) is 18.7 Å². The van der Waals surface area contributed by atoms with Crippen molar-refractivity contribution in [3.63, 3.8) is 0 Å². The maximum atomic E-state index is 13.5. The fraction of sp³-hybridized carbons (Fsp3) is 0.222. The summed E-state index contributed by atoms with van der Waals surface area (Å²) in [7, 11) is 0. The molecule has 0 saturated heterocycles. The van der Waals surface area contributed by atoms with Gasteiger partial charge in [0.1, 0.15) is 18.0 Å². The predicted octanol–water partition coefficient (Wildman–Crippen LogP) is 2.76. The summed E-state index contributed by atoms with van der Waals surface area (Å²) in [6.07, 6.45) is -0.614. The van der Waals surface area contributed by atoms with Gasteiger partial charge in [-0.3, -0.25) is 19.7 Å². The summed E-state index contributed by atoms with van der Waals surface area (Å²) in [5, 5.41) is 12.4. The standard InChI is InChI=1S/C27H27N3O7/c1-19(32)29(23(18-31)17-25(33)34)30-22(16-21-10-6-3-7-11-21)12-13-24(26(30)35)28-27(36)37-15-14-20-8-4-2-5-9-20/h2-13,18,23H,14-17H2,1H3,(H,28,36)(H,33,34)/t23-/m0/s1. The number of carboxylic acids is 1. The van der Waals surface area contributed by atoms with Crippen LogP contribution in [0.4, 0.5) is 10.5 Å². The number of hydrogen-bond acceptors (Lipinski definition) is 6. The van der Waals surface area contributed by atoms with Crippen molar-refractivity contribution in [2.45, 2.75) is 32.2 Å². The number of aromatic nitrogens is 1. The summed E-state index contributed by atoms with van der Waals surface area (Å²) in [5.74, 6) is -2.05. The van der Waals surface area contributed by atoms with Gasteiger partial charge in [-0.1, -0.05) is 60.7 Å². The molecule has 0 radical (unpaired) electrons. The Hall–Kier alpha value is -4.73. The number of carbonyl (C=O) groups excluding carboxylic acids is 3. The lowest BCUT2D eigenvalue weighted by molar-refractivity contribution is -0.138. The monoisotopic (exact) mass is 505 g/mol. The molecule has 0 saturated carbocycles. The summed E-state index contributed by atoms with van der Waals surface area (Å²) < 4.78 is 6.13. The lowest BCUT2D eigenvalue weighted by atomic mass is 10.1. The second-order valence-electron chi connectivity index (χ2n) is 8.18. The van der Waals surface area contributed by atoms with Gasteiger partial charge in [0, 0.05) is 25.5 Å². The number of nitrogens with one attached hydrogen (secondary N) is 1. The van der Waals surface area contributed by atoms with E-state index in [4.69, 9.17) is 4.74 Å². The molecule has 37 heavy (non-hydrogen) atoms. The number of ether oxygens (including phenoxy) is 1. The Morgan fingerprint density at radius 1 is 1.00 bits per heavy atom. The van der Waals surface area contributed by atoms with Gasteiger partial charge in [0.25, 0.3) is 5.56 Å². The van der Waals surface area contributed by atoms with Gasteiger partial charge in [-0.2, -0.15) is 0 Å². The number of carbonyl (C=O) groups is 4. The molecule has 0 fully saturated rings. The topological polar surface area (TPSA) is 135 Å². The first-order chi connectivity index (χ1) is 17.8. The Balaban J connectivity index is 1.93. The molecular weight excluding hydrogens is 478 g/mol. The highest BCUT2D eigenvalue weighted by Gasteiger charge is 2.28. The van der Waals surface area contributed by atoms with Gasteiger partial charge in [0.2, 0.25) is 5.91 Å². The lowest BCUT2D eigenvalue weighted by Gasteiger charge is -2.30. The molecule has 3 aromatic rings. The normalized spacial score (nSPS) is 11.3. The molecule has 0 unspecified atom stereocenters. The van der Waals surface area contributed by atoms with E-state index in [0.29, 0.717) is 18.4 Å². The summed E-state index contributed by atoms with van der Waals surface area (Å²) >= 11 is 0. The minimum atomic E-state index is -1.45. The van der Waals surface area contributed by atoms with Crippen LogP contribution in [0.5, 0.6) is 0 Å². The molecule has 2 amide bonds. The molecule has 0 spiro atoms. The number of hydrogen-bond donors (Lipinski definition) is 2. The van der Waals surface area contributed by atoms with Crippen LogP contribution in [-0.4, -0.2) is 46.7 Å². The Bertz CT molecular complexity index is 1310. The van der Waals surface area contributed by atoms with Crippen molar-refractivity contribution in [2.24, 2.45) is 0 Å². The predicted molar refractivity (Wildman–Crippen MR) is 136 cm³/mol. The van der Waals surface area contributed by atoms with Crippen LogP contribution in [0.1, 0.15) is 30.2 Å². The van der Waals surface area contributed by atoms with Gasteiger partial charge >= 0.3 is 12.1 Å². The maximum absolute atomic E-state index is 13.5. The molecule has 0 aliphatic carbocycles. The minimum absolute atomic E-state index is 0.0710. The van der Waals surface area contributed by atoms with Gasteiger partial charge in [0.05, 0.1) is 13.0 Å². The minimum Gasteiger partial charge on any atom is -0.481 e. The summed E-state index contributed by atoms with van der Waals surface area (Å²) in [6.45, 7) is 1.19. The van der Waals surface area contributed by atoms with E-state index >= 15 is 0 Å². The van der Waals surface area contributed by atoms with Crippen LogP contribution < -0.4 is 15.9 Å². The van der Waals surface area contributed by atoms with Crippen molar-refractivity contribution in [1.82, 2.24) is 4.68 Å². The molecule has 10 heteroatoms. The number of benzene rings is 2. The Morgan fingerprint density at radius 3 is 2.19 bits per heavy atom. The SMILES string of the molecule is CC(=O)N([C@H](C=O)CC(=O)O)n1c(Cc2ccccc2)ccc(NC(=O)OCCc2ccccc2)c1=O. The van der Waals surface area contributed by atoms with Crippen LogP contribution in [0.15, 0.2) is 77.6 Å². The van der Waals surface area contributed by atoms with E-state index in [1.165, 1.54) is 12.1 Å². The number of amides is 2. The van der Waals surface area contributed by atoms with Crippen LogP contribution in [-0.2, 0) is 32.0 Å². The number of carboxylic acid groups (broad SMARTS) is 1. The first-order valence-electron chi connectivity index (χ1n) is 11.5. The number of aldehydes is 1.